The molecule has 0 spiro atoms. The van der Waals surface area contributed by atoms with E-state index in [9.17, 15) is 0 Å². The Hall–Kier alpha value is -3.20. The summed E-state index contributed by atoms with van der Waals surface area (Å²) in [6.07, 6.45) is 2.11. The predicted molar refractivity (Wildman–Crippen MR) is 144 cm³/mol. The second-order valence-electron chi connectivity index (χ2n) is 9.41. The molecule has 8 heteroatoms. The van der Waals surface area contributed by atoms with E-state index in [2.05, 4.69) is 83.1 Å². The number of fused-ring (bicyclic) bond motifs is 1. The fraction of sp³-hybridized carbons (Fsp3) is 0.333. The van der Waals surface area contributed by atoms with Gasteiger partial charge in [-0.25, -0.2) is 10.0 Å². The fourth-order valence-electron chi connectivity index (χ4n) is 5.02. The lowest BCUT2D eigenvalue weighted by molar-refractivity contribution is 0.157. The highest BCUT2D eigenvalue weighted by molar-refractivity contribution is 7.17. The van der Waals surface area contributed by atoms with Gasteiger partial charge in [-0.05, 0) is 55.7 Å². The Morgan fingerprint density at radius 3 is 2.74 bits per heavy atom. The van der Waals surface area contributed by atoms with Crippen molar-refractivity contribution in [3.05, 3.63) is 71.6 Å². The standard InChI is InChI=1S/C27H30N6OS/c1-31(2)22-11-14-32(18-22)21-10-6-9-20(17-21)28-27-29-23-13-16-35-25(23)26(30-27)33-24(12-15-34-33)19-7-4-3-5-8-19/h3-10,13,16-17,22,24H,11-12,14-15,18H2,1-2H3,(H,28,29,30)/t22-,24-/m0/s1. The van der Waals surface area contributed by atoms with Crippen molar-refractivity contribution in [2.45, 2.75) is 24.9 Å². The maximum atomic E-state index is 6.12. The van der Waals surface area contributed by atoms with Crippen LogP contribution in [0.2, 0.25) is 0 Å². The molecule has 0 radical (unpaired) electrons. The number of thiophene rings is 1. The van der Waals surface area contributed by atoms with Crippen LogP contribution < -0.4 is 15.3 Å². The number of likely N-dealkylation sites (N-methyl/N-ethyl adjacent to an activating group) is 1. The Labute approximate surface area is 209 Å². The van der Waals surface area contributed by atoms with Crippen LogP contribution in [0.5, 0.6) is 0 Å². The number of hydrogen-bond donors (Lipinski definition) is 1. The highest BCUT2D eigenvalue weighted by Crippen LogP contribution is 2.39. The number of anilines is 4. The molecule has 2 aliphatic rings. The SMILES string of the molecule is CN(C)[C@H]1CCN(c2cccc(Nc3nc(N4OCC[C@H]4c4ccccc4)c4sccc4n3)c2)C1. The molecule has 2 atom stereocenters. The number of aromatic nitrogens is 2. The van der Waals surface area contributed by atoms with E-state index in [1.165, 1.54) is 17.7 Å². The number of nitrogens with zero attached hydrogens (tertiary/aromatic N) is 5. The first-order chi connectivity index (χ1) is 17.2. The molecule has 6 rings (SSSR count). The van der Waals surface area contributed by atoms with Crippen molar-refractivity contribution in [3.8, 4) is 0 Å². The number of rotatable bonds is 6. The molecular formula is C27H30N6OS. The zero-order valence-corrected chi connectivity index (χ0v) is 20.9. The first-order valence-corrected chi connectivity index (χ1v) is 13.0. The van der Waals surface area contributed by atoms with Crippen molar-refractivity contribution in [1.82, 2.24) is 14.9 Å². The summed E-state index contributed by atoms with van der Waals surface area (Å²) >= 11 is 1.65. The van der Waals surface area contributed by atoms with E-state index in [0.29, 0.717) is 18.6 Å². The molecule has 0 bridgehead atoms. The van der Waals surface area contributed by atoms with Gasteiger partial charge in [0.05, 0.1) is 22.9 Å². The molecule has 0 unspecified atom stereocenters. The average Bonchev–Trinajstić information content (AvgIpc) is 3.65. The van der Waals surface area contributed by atoms with Gasteiger partial charge in [-0.3, -0.25) is 4.84 Å². The van der Waals surface area contributed by atoms with Gasteiger partial charge in [0, 0.05) is 36.9 Å². The molecule has 4 heterocycles. The largest absolute Gasteiger partial charge is 0.370 e. The summed E-state index contributed by atoms with van der Waals surface area (Å²) in [5, 5.41) is 7.51. The van der Waals surface area contributed by atoms with E-state index in [-0.39, 0.29) is 6.04 Å². The van der Waals surface area contributed by atoms with E-state index in [0.717, 1.165) is 41.2 Å². The van der Waals surface area contributed by atoms with Crippen molar-refractivity contribution >= 4 is 44.7 Å². The van der Waals surface area contributed by atoms with E-state index < -0.39 is 0 Å². The Morgan fingerprint density at radius 2 is 1.91 bits per heavy atom. The molecule has 2 aromatic carbocycles. The summed E-state index contributed by atoms with van der Waals surface area (Å²) in [5.74, 6) is 1.40. The smallest absolute Gasteiger partial charge is 0.229 e. The lowest BCUT2D eigenvalue weighted by Gasteiger charge is -2.24. The van der Waals surface area contributed by atoms with E-state index in [1.54, 1.807) is 11.3 Å². The average molecular weight is 487 g/mol. The number of nitrogens with one attached hydrogen (secondary N) is 1. The second kappa shape index (κ2) is 9.45. The topological polar surface area (TPSA) is 56.8 Å². The van der Waals surface area contributed by atoms with Gasteiger partial charge in [-0.15, -0.1) is 11.3 Å². The van der Waals surface area contributed by atoms with E-state index >= 15 is 0 Å². The fourth-order valence-corrected chi connectivity index (χ4v) is 5.82. The molecule has 2 saturated heterocycles. The monoisotopic (exact) mass is 486 g/mol. The Bertz CT molecular complexity index is 1310. The molecular weight excluding hydrogens is 456 g/mol. The van der Waals surface area contributed by atoms with Gasteiger partial charge in [-0.2, -0.15) is 4.98 Å². The van der Waals surface area contributed by atoms with Gasteiger partial charge in [0.15, 0.2) is 5.82 Å². The van der Waals surface area contributed by atoms with Crippen LogP contribution in [-0.2, 0) is 4.84 Å². The quantitative estimate of drug-likeness (QED) is 0.388. The molecule has 2 aliphatic heterocycles. The Morgan fingerprint density at radius 1 is 1.03 bits per heavy atom. The van der Waals surface area contributed by atoms with Gasteiger partial charge in [0.25, 0.3) is 0 Å². The number of benzene rings is 2. The van der Waals surface area contributed by atoms with Crippen LogP contribution in [-0.4, -0.2) is 54.7 Å². The van der Waals surface area contributed by atoms with Crippen LogP contribution in [0.4, 0.5) is 23.1 Å². The summed E-state index contributed by atoms with van der Waals surface area (Å²) in [7, 11) is 4.32. The highest BCUT2D eigenvalue weighted by Gasteiger charge is 2.31. The predicted octanol–water partition coefficient (Wildman–Crippen LogP) is 5.46. The normalized spacial score (nSPS) is 20.3. The van der Waals surface area contributed by atoms with Crippen LogP contribution in [0.1, 0.15) is 24.4 Å². The molecule has 2 aromatic heterocycles. The minimum absolute atomic E-state index is 0.132. The van der Waals surface area contributed by atoms with Crippen molar-refractivity contribution in [1.29, 1.82) is 0 Å². The zero-order valence-electron chi connectivity index (χ0n) is 20.1. The van der Waals surface area contributed by atoms with Crippen LogP contribution >= 0.6 is 11.3 Å². The summed E-state index contributed by atoms with van der Waals surface area (Å²) in [6, 6.07) is 21.8. The maximum absolute atomic E-state index is 6.12. The van der Waals surface area contributed by atoms with Gasteiger partial charge in [-0.1, -0.05) is 36.4 Å². The Balaban J connectivity index is 1.29. The third-order valence-corrected chi connectivity index (χ3v) is 7.84. The summed E-state index contributed by atoms with van der Waals surface area (Å²) in [5.41, 5.74) is 4.37. The molecule has 35 heavy (non-hydrogen) atoms. The Kier molecular flexibility index (Phi) is 6.01. The summed E-state index contributed by atoms with van der Waals surface area (Å²) in [6.45, 7) is 2.79. The van der Waals surface area contributed by atoms with Crippen LogP contribution in [0, 0.1) is 0 Å². The molecule has 1 N–H and O–H groups in total. The lowest BCUT2D eigenvalue weighted by atomic mass is 10.0. The minimum atomic E-state index is 0.132. The van der Waals surface area contributed by atoms with E-state index in [4.69, 9.17) is 14.8 Å². The molecule has 0 amide bonds. The minimum Gasteiger partial charge on any atom is -0.370 e. The third kappa shape index (κ3) is 4.45. The lowest BCUT2D eigenvalue weighted by Crippen LogP contribution is -2.31. The van der Waals surface area contributed by atoms with Crippen molar-refractivity contribution in [2.24, 2.45) is 0 Å². The number of hydrogen-bond acceptors (Lipinski definition) is 8. The molecule has 0 saturated carbocycles. The second-order valence-corrected chi connectivity index (χ2v) is 10.3. The number of hydroxylamine groups is 1. The van der Waals surface area contributed by atoms with Gasteiger partial charge in [0.2, 0.25) is 5.95 Å². The van der Waals surface area contributed by atoms with Crippen LogP contribution in [0.3, 0.4) is 0 Å². The molecule has 0 aliphatic carbocycles. The van der Waals surface area contributed by atoms with Crippen molar-refractivity contribution in [3.63, 3.8) is 0 Å². The van der Waals surface area contributed by atoms with Crippen molar-refractivity contribution < 1.29 is 4.84 Å². The molecule has 180 valence electrons. The molecule has 7 nitrogen and oxygen atoms in total. The first-order valence-electron chi connectivity index (χ1n) is 12.2. The van der Waals surface area contributed by atoms with E-state index in [1.807, 2.05) is 17.2 Å². The van der Waals surface area contributed by atoms with Gasteiger partial charge in [0.1, 0.15) is 0 Å². The van der Waals surface area contributed by atoms with Crippen LogP contribution in [0.15, 0.2) is 66.0 Å². The third-order valence-electron chi connectivity index (χ3n) is 6.94. The molecule has 2 fully saturated rings. The zero-order chi connectivity index (χ0) is 23.8. The van der Waals surface area contributed by atoms with Gasteiger partial charge >= 0.3 is 0 Å². The van der Waals surface area contributed by atoms with Crippen LogP contribution in [0.25, 0.3) is 10.2 Å². The maximum Gasteiger partial charge on any atom is 0.229 e. The summed E-state index contributed by atoms with van der Waals surface area (Å²) in [4.78, 5) is 20.6. The first kappa shape index (κ1) is 22.3. The van der Waals surface area contributed by atoms with Crippen molar-refractivity contribution in [2.75, 3.05) is 49.1 Å². The van der Waals surface area contributed by atoms with Gasteiger partial charge < -0.3 is 15.1 Å². The highest BCUT2D eigenvalue weighted by atomic mass is 32.1. The molecule has 4 aromatic rings. The summed E-state index contributed by atoms with van der Waals surface area (Å²) < 4.78 is 1.04.